The lowest BCUT2D eigenvalue weighted by atomic mass is 9.90. The standard InChI is InChI=1S/C6H11F2NO/c7-6(8)2-1-5(10)4(9)3-6/h4-5,10H,1-3,9H2/t4-,5?/m1/s1. The molecule has 0 aliphatic heterocycles. The first-order chi connectivity index (χ1) is 4.51. The van der Waals surface area contributed by atoms with E-state index in [1.807, 2.05) is 0 Å². The molecule has 0 spiro atoms. The van der Waals surface area contributed by atoms with E-state index in [9.17, 15) is 8.78 Å². The van der Waals surface area contributed by atoms with E-state index >= 15 is 0 Å². The minimum Gasteiger partial charge on any atom is -0.392 e. The summed E-state index contributed by atoms with van der Waals surface area (Å²) in [5.74, 6) is -2.65. The Morgan fingerprint density at radius 3 is 2.50 bits per heavy atom. The molecule has 1 aliphatic rings. The summed E-state index contributed by atoms with van der Waals surface area (Å²) in [6.45, 7) is 0. The second-order valence-electron chi connectivity index (χ2n) is 2.83. The Labute approximate surface area is 58.0 Å². The van der Waals surface area contributed by atoms with Crippen molar-refractivity contribution in [1.82, 2.24) is 0 Å². The van der Waals surface area contributed by atoms with Crippen LogP contribution in [0.3, 0.4) is 0 Å². The second kappa shape index (κ2) is 2.43. The lowest BCUT2D eigenvalue weighted by molar-refractivity contribution is -0.0720. The molecular formula is C6H11F2NO. The Morgan fingerprint density at radius 2 is 2.10 bits per heavy atom. The summed E-state index contributed by atoms with van der Waals surface area (Å²) in [4.78, 5) is 0. The molecule has 4 heteroatoms. The van der Waals surface area contributed by atoms with Gasteiger partial charge in [0, 0.05) is 18.9 Å². The average molecular weight is 151 g/mol. The molecule has 0 aromatic heterocycles. The van der Waals surface area contributed by atoms with Gasteiger partial charge in [0.15, 0.2) is 0 Å². The molecule has 2 atom stereocenters. The van der Waals surface area contributed by atoms with Crippen molar-refractivity contribution in [1.29, 1.82) is 0 Å². The smallest absolute Gasteiger partial charge is 0.249 e. The molecule has 0 amide bonds. The molecule has 3 N–H and O–H groups in total. The van der Waals surface area contributed by atoms with Crippen molar-refractivity contribution in [2.45, 2.75) is 37.3 Å². The predicted molar refractivity (Wildman–Crippen MR) is 32.8 cm³/mol. The number of nitrogens with two attached hydrogens (primary N) is 1. The molecule has 1 fully saturated rings. The lowest BCUT2D eigenvalue weighted by Gasteiger charge is -2.30. The van der Waals surface area contributed by atoms with E-state index in [1.54, 1.807) is 0 Å². The number of rotatable bonds is 0. The molecule has 0 aromatic carbocycles. The number of halogens is 2. The van der Waals surface area contributed by atoms with Crippen LogP contribution in [0.5, 0.6) is 0 Å². The zero-order valence-electron chi connectivity index (χ0n) is 5.56. The molecular weight excluding hydrogens is 140 g/mol. The summed E-state index contributed by atoms with van der Waals surface area (Å²) in [5.41, 5.74) is 5.22. The van der Waals surface area contributed by atoms with Crippen LogP contribution in [-0.2, 0) is 0 Å². The Balaban J connectivity index is 2.49. The van der Waals surface area contributed by atoms with Gasteiger partial charge in [-0.05, 0) is 6.42 Å². The van der Waals surface area contributed by atoms with E-state index < -0.39 is 18.1 Å². The van der Waals surface area contributed by atoms with Crippen LogP contribution in [0.25, 0.3) is 0 Å². The summed E-state index contributed by atoms with van der Waals surface area (Å²) in [7, 11) is 0. The first kappa shape index (κ1) is 7.88. The van der Waals surface area contributed by atoms with E-state index in [1.165, 1.54) is 0 Å². The van der Waals surface area contributed by atoms with Gasteiger partial charge in [-0.25, -0.2) is 8.78 Å². The average Bonchev–Trinajstić information content (AvgIpc) is 1.79. The molecule has 2 nitrogen and oxygen atoms in total. The van der Waals surface area contributed by atoms with Crippen LogP contribution in [0.2, 0.25) is 0 Å². The third-order valence-corrected chi connectivity index (χ3v) is 1.83. The van der Waals surface area contributed by atoms with Gasteiger partial charge in [-0.1, -0.05) is 0 Å². The molecule has 10 heavy (non-hydrogen) atoms. The Kier molecular flexibility index (Phi) is 1.92. The van der Waals surface area contributed by atoms with Gasteiger partial charge in [-0.3, -0.25) is 0 Å². The fourth-order valence-corrected chi connectivity index (χ4v) is 1.16. The Hall–Kier alpha value is -0.220. The van der Waals surface area contributed by atoms with Crippen molar-refractivity contribution in [2.24, 2.45) is 5.73 Å². The van der Waals surface area contributed by atoms with E-state index in [-0.39, 0.29) is 19.3 Å². The topological polar surface area (TPSA) is 46.2 Å². The highest BCUT2D eigenvalue weighted by Gasteiger charge is 2.38. The van der Waals surface area contributed by atoms with Gasteiger partial charge >= 0.3 is 0 Å². The van der Waals surface area contributed by atoms with Crippen molar-refractivity contribution in [3.8, 4) is 0 Å². The highest BCUT2D eigenvalue weighted by atomic mass is 19.3. The minimum absolute atomic E-state index is 0.119. The largest absolute Gasteiger partial charge is 0.392 e. The molecule has 0 radical (unpaired) electrons. The minimum atomic E-state index is -2.65. The summed E-state index contributed by atoms with van der Waals surface area (Å²) >= 11 is 0. The van der Waals surface area contributed by atoms with Gasteiger partial charge in [-0.2, -0.15) is 0 Å². The maximum absolute atomic E-state index is 12.4. The summed E-state index contributed by atoms with van der Waals surface area (Å²) < 4.78 is 24.9. The molecule has 0 aromatic rings. The van der Waals surface area contributed by atoms with Crippen molar-refractivity contribution >= 4 is 0 Å². The Morgan fingerprint density at radius 1 is 1.50 bits per heavy atom. The molecule has 0 saturated heterocycles. The van der Waals surface area contributed by atoms with Crippen LogP contribution in [0.15, 0.2) is 0 Å². The molecule has 1 aliphatic carbocycles. The second-order valence-corrected chi connectivity index (χ2v) is 2.83. The van der Waals surface area contributed by atoms with Crippen LogP contribution in [0, 0.1) is 0 Å². The van der Waals surface area contributed by atoms with Crippen LogP contribution >= 0.6 is 0 Å². The van der Waals surface area contributed by atoms with Gasteiger partial charge in [-0.15, -0.1) is 0 Å². The highest BCUT2D eigenvalue weighted by molar-refractivity contribution is 4.86. The maximum atomic E-state index is 12.4. The summed E-state index contributed by atoms with van der Waals surface area (Å²) in [5, 5.41) is 8.95. The SMILES string of the molecule is N[C@@H]1CC(F)(F)CCC1O. The normalized spacial score (nSPS) is 39.6. The summed E-state index contributed by atoms with van der Waals surface area (Å²) in [6.07, 6.45) is -1.23. The number of alkyl halides is 2. The van der Waals surface area contributed by atoms with E-state index in [0.717, 1.165) is 0 Å². The van der Waals surface area contributed by atoms with E-state index in [4.69, 9.17) is 10.8 Å². The van der Waals surface area contributed by atoms with Gasteiger partial charge in [0.25, 0.3) is 0 Å². The summed E-state index contributed by atoms with van der Waals surface area (Å²) in [6, 6.07) is -0.747. The van der Waals surface area contributed by atoms with Crippen LogP contribution in [-0.4, -0.2) is 23.2 Å². The predicted octanol–water partition coefficient (Wildman–Crippen LogP) is 0.494. The number of hydrogen-bond donors (Lipinski definition) is 2. The molecule has 0 heterocycles. The van der Waals surface area contributed by atoms with E-state index in [0.29, 0.717) is 0 Å². The van der Waals surface area contributed by atoms with Gasteiger partial charge in [0.1, 0.15) is 0 Å². The molecule has 1 rings (SSSR count). The molecule has 60 valence electrons. The number of aliphatic hydroxyl groups is 1. The number of hydrogen-bond acceptors (Lipinski definition) is 2. The highest BCUT2D eigenvalue weighted by Crippen LogP contribution is 2.32. The molecule has 1 saturated carbocycles. The zero-order chi connectivity index (χ0) is 7.78. The Bertz CT molecular complexity index is 129. The van der Waals surface area contributed by atoms with Crippen molar-refractivity contribution in [3.05, 3.63) is 0 Å². The van der Waals surface area contributed by atoms with Gasteiger partial charge < -0.3 is 10.8 Å². The van der Waals surface area contributed by atoms with Gasteiger partial charge in [0.2, 0.25) is 5.92 Å². The zero-order valence-corrected chi connectivity index (χ0v) is 5.56. The van der Waals surface area contributed by atoms with Gasteiger partial charge in [0.05, 0.1) is 6.10 Å². The van der Waals surface area contributed by atoms with Crippen LogP contribution < -0.4 is 5.73 Å². The van der Waals surface area contributed by atoms with E-state index in [2.05, 4.69) is 0 Å². The van der Waals surface area contributed by atoms with Crippen molar-refractivity contribution < 1.29 is 13.9 Å². The lowest BCUT2D eigenvalue weighted by Crippen LogP contribution is -2.44. The van der Waals surface area contributed by atoms with Crippen LogP contribution in [0.4, 0.5) is 8.78 Å². The number of aliphatic hydroxyl groups excluding tert-OH is 1. The van der Waals surface area contributed by atoms with Crippen molar-refractivity contribution in [3.63, 3.8) is 0 Å². The fraction of sp³-hybridized carbons (Fsp3) is 1.00. The third-order valence-electron chi connectivity index (χ3n) is 1.83. The maximum Gasteiger partial charge on any atom is 0.249 e. The quantitative estimate of drug-likeness (QED) is 0.529. The molecule has 1 unspecified atom stereocenters. The first-order valence-electron chi connectivity index (χ1n) is 3.33. The monoisotopic (exact) mass is 151 g/mol. The fourth-order valence-electron chi connectivity index (χ4n) is 1.16. The third kappa shape index (κ3) is 1.64. The molecule has 0 bridgehead atoms. The van der Waals surface area contributed by atoms with Crippen molar-refractivity contribution in [2.75, 3.05) is 0 Å². The first-order valence-corrected chi connectivity index (χ1v) is 3.33. The van der Waals surface area contributed by atoms with Crippen LogP contribution in [0.1, 0.15) is 19.3 Å².